The van der Waals surface area contributed by atoms with Crippen molar-refractivity contribution >= 4 is 17.5 Å². The van der Waals surface area contributed by atoms with Gasteiger partial charge in [-0.3, -0.25) is 9.59 Å². The van der Waals surface area contributed by atoms with E-state index >= 15 is 0 Å². The van der Waals surface area contributed by atoms with Crippen LogP contribution in [0, 0.1) is 11.6 Å². The average Bonchev–Trinajstić information content (AvgIpc) is 3.43. The van der Waals surface area contributed by atoms with Gasteiger partial charge in [-0.1, -0.05) is 48.5 Å². The average molecular weight is 600 g/mol. The molecule has 0 fully saturated rings. The summed E-state index contributed by atoms with van der Waals surface area (Å²) in [4.78, 5) is 29.2. The smallest absolute Gasteiger partial charge is 0.252 e. The van der Waals surface area contributed by atoms with Crippen LogP contribution in [0.25, 0.3) is 0 Å². The predicted molar refractivity (Wildman–Crippen MR) is 165 cm³/mol. The first-order valence-corrected chi connectivity index (χ1v) is 14.5. The zero-order valence-electron chi connectivity index (χ0n) is 24.5. The van der Waals surface area contributed by atoms with Gasteiger partial charge in [0.05, 0.1) is 26.4 Å². The minimum atomic E-state index is -0.962. The highest BCUT2D eigenvalue weighted by molar-refractivity contribution is 5.98. The van der Waals surface area contributed by atoms with Crippen LogP contribution in [-0.4, -0.2) is 50.7 Å². The Bertz CT molecular complexity index is 1570. The van der Waals surface area contributed by atoms with E-state index in [1.165, 1.54) is 25.3 Å². The van der Waals surface area contributed by atoms with Crippen molar-refractivity contribution in [2.75, 3.05) is 31.7 Å². The van der Waals surface area contributed by atoms with E-state index in [0.717, 1.165) is 16.8 Å². The molecule has 0 aliphatic carbocycles. The maximum Gasteiger partial charge on any atom is 0.252 e. The lowest BCUT2D eigenvalue weighted by Crippen LogP contribution is -2.54. The Morgan fingerprint density at radius 1 is 0.864 bits per heavy atom. The molecule has 0 saturated heterocycles. The van der Waals surface area contributed by atoms with Gasteiger partial charge >= 0.3 is 0 Å². The van der Waals surface area contributed by atoms with Gasteiger partial charge in [0.15, 0.2) is 0 Å². The number of amides is 2. The van der Waals surface area contributed by atoms with Crippen LogP contribution < -0.4 is 20.3 Å². The molecule has 1 heterocycles. The van der Waals surface area contributed by atoms with E-state index in [2.05, 4.69) is 15.5 Å². The molecule has 5 rings (SSSR count). The van der Waals surface area contributed by atoms with Crippen molar-refractivity contribution in [1.29, 1.82) is 0 Å². The monoisotopic (exact) mass is 599 g/mol. The summed E-state index contributed by atoms with van der Waals surface area (Å²) in [6.07, 6.45) is 0.841. The number of carbonyl (C=O) groups is 2. The molecule has 2 atom stereocenters. The van der Waals surface area contributed by atoms with Gasteiger partial charge in [0.1, 0.15) is 23.4 Å². The number of ether oxygens (including phenoxy) is 2. The van der Waals surface area contributed by atoms with Crippen molar-refractivity contribution in [2.24, 2.45) is 0 Å². The third-order valence-electron chi connectivity index (χ3n) is 7.56. The number of carbonyl (C=O) groups excluding carboxylic acids is 2. The lowest BCUT2D eigenvalue weighted by atomic mass is 10.0. The number of anilines is 1. The van der Waals surface area contributed by atoms with Crippen LogP contribution in [0.3, 0.4) is 0 Å². The molecule has 2 amide bonds. The second-order valence-corrected chi connectivity index (χ2v) is 10.8. The standard InChI is InChI=1S/C35H35F2N3O4/c1-43-31-9-5-8-27(20-31)34(41)39-32(18-24-10-12-28(36)13-11-24)35(42)38-30(23-44-22-25-6-3-2-4-7-25)21-40-17-16-26-19-29(37)14-15-33(26)40/h2-15,19-20,30,32H,16-18,21-23H2,1H3,(H,38,42)(H,39,41)/t30-,32?/m0/s1. The van der Waals surface area contributed by atoms with Crippen molar-refractivity contribution in [3.63, 3.8) is 0 Å². The molecular weight excluding hydrogens is 564 g/mol. The molecule has 2 N–H and O–H groups in total. The highest BCUT2D eigenvalue weighted by Gasteiger charge is 2.28. The number of nitrogens with zero attached hydrogens (tertiary/aromatic N) is 1. The number of fused-ring (bicyclic) bond motifs is 1. The zero-order valence-corrected chi connectivity index (χ0v) is 24.5. The minimum Gasteiger partial charge on any atom is -0.497 e. The maximum absolute atomic E-state index is 13.9. The Kier molecular flexibility index (Phi) is 10.2. The minimum absolute atomic E-state index is 0.144. The topological polar surface area (TPSA) is 79.9 Å². The van der Waals surface area contributed by atoms with Gasteiger partial charge in [0.25, 0.3) is 5.91 Å². The summed E-state index contributed by atoms with van der Waals surface area (Å²) >= 11 is 0. The highest BCUT2D eigenvalue weighted by Crippen LogP contribution is 2.28. The summed E-state index contributed by atoms with van der Waals surface area (Å²) in [5, 5.41) is 5.94. The Balaban J connectivity index is 1.34. The second-order valence-electron chi connectivity index (χ2n) is 10.8. The maximum atomic E-state index is 13.9. The lowest BCUT2D eigenvalue weighted by molar-refractivity contribution is -0.124. The molecule has 0 aromatic heterocycles. The van der Waals surface area contributed by atoms with Crippen LogP contribution in [-0.2, 0) is 29.0 Å². The van der Waals surface area contributed by atoms with Crippen molar-refractivity contribution < 1.29 is 27.8 Å². The molecule has 228 valence electrons. The number of hydrogen-bond acceptors (Lipinski definition) is 5. The molecule has 0 spiro atoms. The molecule has 0 saturated carbocycles. The molecular formula is C35H35F2N3O4. The number of halogens is 2. The Morgan fingerprint density at radius 3 is 2.41 bits per heavy atom. The molecule has 4 aromatic rings. The molecule has 7 nitrogen and oxygen atoms in total. The van der Waals surface area contributed by atoms with Gasteiger partial charge < -0.3 is 25.0 Å². The third kappa shape index (κ3) is 8.20. The molecule has 0 bridgehead atoms. The molecule has 1 aliphatic rings. The first kappa shape index (κ1) is 30.7. The quantitative estimate of drug-likeness (QED) is 0.224. The van der Waals surface area contributed by atoms with E-state index in [9.17, 15) is 18.4 Å². The van der Waals surface area contributed by atoms with Crippen molar-refractivity contribution in [2.45, 2.75) is 31.5 Å². The van der Waals surface area contributed by atoms with Gasteiger partial charge in [-0.15, -0.1) is 0 Å². The van der Waals surface area contributed by atoms with Crippen LogP contribution in [0.4, 0.5) is 14.5 Å². The van der Waals surface area contributed by atoms with E-state index in [4.69, 9.17) is 9.47 Å². The van der Waals surface area contributed by atoms with Crippen LogP contribution in [0.15, 0.2) is 97.1 Å². The fourth-order valence-corrected chi connectivity index (χ4v) is 5.30. The highest BCUT2D eigenvalue weighted by atomic mass is 19.1. The molecule has 1 aliphatic heterocycles. The normalized spacial score (nSPS) is 13.6. The fraction of sp³-hybridized carbons (Fsp3) is 0.257. The zero-order chi connectivity index (χ0) is 30.9. The number of hydrogen-bond donors (Lipinski definition) is 2. The molecule has 44 heavy (non-hydrogen) atoms. The van der Waals surface area contributed by atoms with E-state index in [0.29, 0.717) is 43.0 Å². The van der Waals surface area contributed by atoms with Crippen molar-refractivity contribution in [3.05, 3.63) is 131 Å². The van der Waals surface area contributed by atoms with Crippen LogP contribution in [0.2, 0.25) is 0 Å². The summed E-state index contributed by atoms with van der Waals surface area (Å²) in [6.45, 7) is 1.67. The van der Waals surface area contributed by atoms with Gasteiger partial charge in [0.2, 0.25) is 5.91 Å². The number of rotatable bonds is 13. The van der Waals surface area contributed by atoms with Gasteiger partial charge in [-0.05, 0) is 71.6 Å². The van der Waals surface area contributed by atoms with E-state index < -0.39 is 29.7 Å². The number of nitrogens with one attached hydrogen (secondary N) is 2. The molecule has 4 aromatic carbocycles. The van der Waals surface area contributed by atoms with Gasteiger partial charge in [0, 0.05) is 30.8 Å². The van der Waals surface area contributed by atoms with E-state index in [-0.39, 0.29) is 18.8 Å². The summed E-state index contributed by atoms with van der Waals surface area (Å²) < 4.78 is 38.8. The van der Waals surface area contributed by atoms with Crippen molar-refractivity contribution in [1.82, 2.24) is 10.6 Å². The van der Waals surface area contributed by atoms with Crippen LogP contribution in [0.1, 0.15) is 27.0 Å². The summed E-state index contributed by atoms with van der Waals surface area (Å²) in [7, 11) is 1.51. The lowest BCUT2D eigenvalue weighted by Gasteiger charge is -2.28. The van der Waals surface area contributed by atoms with Gasteiger partial charge in [-0.2, -0.15) is 0 Å². The molecule has 1 unspecified atom stereocenters. The molecule has 0 radical (unpaired) electrons. The largest absolute Gasteiger partial charge is 0.497 e. The first-order chi connectivity index (χ1) is 21.4. The van der Waals surface area contributed by atoms with E-state index in [1.807, 2.05) is 30.3 Å². The number of methoxy groups -OCH3 is 1. The second kappa shape index (κ2) is 14.6. The Morgan fingerprint density at radius 2 is 1.64 bits per heavy atom. The molecule has 9 heteroatoms. The fourth-order valence-electron chi connectivity index (χ4n) is 5.30. The number of benzene rings is 4. The van der Waals surface area contributed by atoms with E-state index in [1.54, 1.807) is 48.5 Å². The summed E-state index contributed by atoms with van der Waals surface area (Å²) in [5.74, 6) is -1.01. The Labute approximate surface area is 255 Å². The Hall–Kier alpha value is -4.76. The predicted octanol–water partition coefficient (Wildman–Crippen LogP) is 5.08. The first-order valence-electron chi connectivity index (χ1n) is 14.5. The van der Waals surface area contributed by atoms with Gasteiger partial charge in [-0.25, -0.2) is 8.78 Å². The SMILES string of the molecule is COc1cccc(C(=O)NC(Cc2ccc(F)cc2)C(=O)N[C@H](COCc2ccccc2)CN2CCc3cc(F)ccc32)c1. The van der Waals surface area contributed by atoms with Crippen LogP contribution >= 0.6 is 0 Å². The van der Waals surface area contributed by atoms with Crippen molar-refractivity contribution in [3.8, 4) is 5.75 Å². The summed E-state index contributed by atoms with van der Waals surface area (Å²) in [5.41, 5.74) is 3.86. The summed E-state index contributed by atoms with van der Waals surface area (Å²) in [6, 6.07) is 25.5. The van der Waals surface area contributed by atoms with Crippen LogP contribution in [0.5, 0.6) is 5.75 Å². The third-order valence-corrected chi connectivity index (χ3v) is 7.56.